The van der Waals surface area contributed by atoms with Gasteiger partial charge in [0, 0.05) is 26.2 Å². The smallest absolute Gasteiger partial charge is 0.228 e. The molecule has 1 amide bonds. The fourth-order valence-electron chi connectivity index (χ4n) is 6.99. The number of likely N-dealkylation sites (N-methyl/N-ethyl adjacent to an activating group) is 1. The topological polar surface area (TPSA) is 23.6 Å². The molecule has 1 aromatic rings. The van der Waals surface area contributed by atoms with Gasteiger partial charge < -0.3 is 9.80 Å². The van der Waals surface area contributed by atoms with E-state index in [1.807, 2.05) is 0 Å². The molecule has 4 saturated carbocycles. The first-order chi connectivity index (χ1) is 12.1. The fraction of sp³-hybridized carbons (Fsp3) is 0.682. The molecule has 1 aliphatic heterocycles. The van der Waals surface area contributed by atoms with Crippen molar-refractivity contribution in [3.8, 4) is 0 Å². The van der Waals surface area contributed by atoms with E-state index in [-0.39, 0.29) is 10.8 Å². The molecule has 1 aromatic carbocycles. The van der Waals surface area contributed by atoms with Crippen LogP contribution in [0.3, 0.4) is 0 Å². The first-order valence-electron chi connectivity index (χ1n) is 10.1. The van der Waals surface area contributed by atoms with Crippen molar-refractivity contribution in [2.75, 3.05) is 33.2 Å². The van der Waals surface area contributed by atoms with Crippen LogP contribution < -0.4 is 0 Å². The summed E-state index contributed by atoms with van der Waals surface area (Å²) in [5, 5.41) is 0. The Balaban J connectivity index is 1.47. The molecule has 3 nitrogen and oxygen atoms in total. The molecule has 6 rings (SSSR count). The number of carbonyl (C=O) groups is 1. The van der Waals surface area contributed by atoms with Crippen molar-refractivity contribution in [1.29, 1.82) is 0 Å². The molecular formula is C22H30N2O. The number of rotatable bonds is 2. The van der Waals surface area contributed by atoms with Gasteiger partial charge >= 0.3 is 0 Å². The largest absolute Gasteiger partial charge is 0.340 e. The van der Waals surface area contributed by atoms with E-state index in [4.69, 9.17) is 0 Å². The van der Waals surface area contributed by atoms with Gasteiger partial charge in [0.1, 0.15) is 0 Å². The Morgan fingerprint density at radius 1 is 0.960 bits per heavy atom. The highest BCUT2D eigenvalue weighted by Gasteiger charge is 2.61. The number of carbonyl (C=O) groups excluding carboxylic acids is 1. The third-order valence-electron chi connectivity index (χ3n) is 7.69. The molecule has 0 spiro atoms. The maximum atomic E-state index is 13.6. The van der Waals surface area contributed by atoms with E-state index in [9.17, 15) is 4.79 Å². The molecule has 25 heavy (non-hydrogen) atoms. The second kappa shape index (κ2) is 5.57. The SMILES string of the molecule is CN1CCN(C(=O)C23C[C@H]4C[C@H](C2)CC(c2ccccc2)(C4)C3)CC1. The average molecular weight is 338 g/mol. The maximum Gasteiger partial charge on any atom is 0.228 e. The summed E-state index contributed by atoms with van der Waals surface area (Å²) in [5.74, 6) is 2.02. The Labute approximate surface area is 151 Å². The van der Waals surface area contributed by atoms with Crippen LogP contribution in [-0.4, -0.2) is 48.9 Å². The molecule has 0 aromatic heterocycles. The van der Waals surface area contributed by atoms with Crippen molar-refractivity contribution in [3.63, 3.8) is 0 Å². The predicted molar refractivity (Wildman–Crippen MR) is 99.3 cm³/mol. The maximum absolute atomic E-state index is 13.6. The van der Waals surface area contributed by atoms with Crippen LogP contribution in [0.2, 0.25) is 0 Å². The fourth-order valence-corrected chi connectivity index (χ4v) is 6.99. The van der Waals surface area contributed by atoms with Gasteiger partial charge in [-0.2, -0.15) is 0 Å². The Bertz CT molecular complexity index is 648. The quantitative estimate of drug-likeness (QED) is 0.826. The zero-order chi connectivity index (χ0) is 17.1. The minimum absolute atomic E-state index is 0.0597. The number of benzene rings is 1. The van der Waals surface area contributed by atoms with Gasteiger partial charge in [0.05, 0.1) is 5.41 Å². The Kier molecular flexibility index (Phi) is 3.54. The lowest BCUT2D eigenvalue weighted by Crippen LogP contribution is -2.61. The van der Waals surface area contributed by atoms with Crippen LogP contribution in [0, 0.1) is 17.3 Å². The first kappa shape index (κ1) is 15.9. The summed E-state index contributed by atoms with van der Waals surface area (Å²) in [7, 11) is 2.16. The molecule has 4 aliphatic carbocycles. The minimum Gasteiger partial charge on any atom is -0.340 e. The molecule has 5 aliphatic rings. The second-order valence-electron chi connectivity index (χ2n) is 9.48. The lowest BCUT2D eigenvalue weighted by atomic mass is 9.42. The van der Waals surface area contributed by atoms with Gasteiger partial charge in [-0.15, -0.1) is 0 Å². The van der Waals surface area contributed by atoms with E-state index >= 15 is 0 Å². The third-order valence-corrected chi connectivity index (χ3v) is 7.69. The van der Waals surface area contributed by atoms with E-state index in [1.54, 1.807) is 0 Å². The molecule has 134 valence electrons. The molecular weight excluding hydrogens is 308 g/mol. The summed E-state index contributed by atoms with van der Waals surface area (Å²) in [5.41, 5.74) is 1.71. The van der Waals surface area contributed by atoms with Crippen molar-refractivity contribution < 1.29 is 4.79 Å². The van der Waals surface area contributed by atoms with Crippen molar-refractivity contribution >= 4 is 5.91 Å². The molecule has 0 radical (unpaired) electrons. The van der Waals surface area contributed by atoms with Gasteiger partial charge in [0.25, 0.3) is 0 Å². The molecule has 1 heterocycles. The van der Waals surface area contributed by atoms with Crippen LogP contribution in [-0.2, 0) is 10.2 Å². The summed E-state index contributed by atoms with van der Waals surface area (Å²) in [6.07, 6.45) is 7.40. The number of hydrogen-bond acceptors (Lipinski definition) is 2. The minimum atomic E-state index is -0.0597. The van der Waals surface area contributed by atoms with Gasteiger partial charge in [0.2, 0.25) is 5.91 Å². The van der Waals surface area contributed by atoms with Gasteiger partial charge in [-0.05, 0) is 68.4 Å². The second-order valence-corrected chi connectivity index (χ2v) is 9.48. The number of nitrogens with zero attached hydrogens (tertiary/aromatic N) is 2. The number of hydrogen-bond donors (Lipinski definition) is 0. The van der Waals surface area contributed by atoms with Crippen LogP contribution in [0.1, 0.15) is 44.1 Å². The Morgan fingerprint density at radius 2 is 1.60 bits per heavy atom. The normalized spacial score (nSPS) is 40.4. The monoisotopic (exact) mass is 338 g/mol. The van der Waals surface area contributed by atoms with E-state index in [0.29, 0.717) is 5.91 Å². The molecule has 5 fully saturated rings. The molecule has 0 N–H and O–H groups in total. The van der Waals surface area contributed by atoms with E-state index in [2.05, 4.69) is 47.2 Å². The highest BCUT2D eigenvalue weighted by Crippen LogP contribution is 2.66. The summed E-state index contributed by atoms with van der Waals surface area (Å²) < 4.78 is 0. The van der Waals surface area contributed by atoms with Crippen molar-refractivity contribution in [1.82, 2.24) is 9.80 Å². The highest BCUT2D eigenvalue weighted by atomic mass is 16.2. The van der Waals surface area contributed by atoms with Crippen LogP contribution in [0.25, 0.3) is 0 Å². The van der Waals surface area contributed by atoms with Crippen molar-refractivity contribution in [2.45, 2.75) is 43.9 Å². The molecule has 4 bridgehead atoms. The van der Waals surface area contributed by atoms with Gasteiger partial charge in [-0.1, -0.05) is 30.3 Å². The Hall–Kier alpha value is -1.35. The summed E-state index contributed by atoms with van der Waals surface area (Å²) >= 11 is 0. The summed E-state index contributed by atoms with van der Waals surface area (Å²) in [6.45, 7) is 3.90. The van der Waals surface area contributed by atoms with E-state index < -0.39 is 0 Å². The Morgan fingerprint density at radius 3 is 2.24 bits per heavy atom. The first-order valence-corrected chi connectivity index (χ1v) is 10.1. The molecule has 2 atom stereocenters. The van der Waals surface area contributed by atoms with Gasteiger partial charge in [0.15, 0.2) is 0 Å². The lowest BCUT2D eigenvalue weighted by molar-refractivity contribution is -0.161. The third kappa shape index (κ3) is 2.46. The average Bonchev–Trinajstić information content (AvgIpc) is 2.61. The van der Waals surface area contributed by atoms with Gasteiger partial charge in [-0.25, -0.2) is 0 Å². The van der Waals surface area contributed by atoms with Crippen molar-refractivity contribution in [2.24, 2.45) is 17.3 Å². The van der Waals surface area contributed by atoms with Crippen LogP contribution >= 0.6 is 0 Å². The number of amides is 1. The summed E-state index contributed by atoms with van der Waals surface area (Å²) in [6, 6.07) is 11.1. The van der Waals surface area contributed by atoms with Crippen LogP contribution in [0.4, 0.5) is 0 Å². The predicted octanol–water partition coefficient (Wildman–Crippen LogP) is 3.30. The summed E-state index contributed by atoms with van der Waals surface area (Å²) in [4.78, 5) is 18.2. The molecule has 1 saturated heterocycles. The van der Waals surface area contributed by atoms with Crippen LogP contribution in [0.15, 0.2) is 30.3 Å². The van der Waals surface area contributed by atoms with Crippen molar-refractivity contribution in [3.05, 3.63) is 35.9 Å². The zero-order valence-corrected chi connectivity index (χ0v) is 15.4. The standard InChI is InChI=1S/C22H30N2O/c1-23-7-9-24(10-8-23)20(25)22-14-17-11-18(15-22)13-21(12-17,16-22)19-5-3-2-4-6-19/h2-6,17-18H,7-16H2,1H3/t17-,18-,21?,22?/m0/s1. The highest BCUT2D eigenvalue weighted by molar-refractivity contribution is 5.84. The molecule has 3 heteroatoms. The van der Waals surface area contributed by atoms with E-state index in [1.165, 1.54) is 24.8 Å². The molecule has 0 unspecified atom stereocenters. The van der Waals surface area contributed by atoms with Gasteiger partial charge in [-0.3, -0.25) is 4.79 Å². The number of piperazine rings is 1. The van der Waals surface area contributed by atoms with E-state index in [0.717, 1.165) is 57.3 Å². The lowest BCUT2D eigenvalue weighted by Gasteiger charge is -2.62. The zero-order valence-electron chi connectivity index (χ0n) is 15.4. The van der Waals surface area contributed by atoms with Crippen LogP contribution in [0.5, 0.6) is 0 Å².